The second-order valence-electron chi connectivity index (χ2n) is 7.70. The zero-order chi connectivity index (χ0) is 13.6. The first-order valence-electron chi connectivity index (χ1n) is 8.09. The van der Waals surface area contributed by atoms with Crippen LogP contribution in [-0.2, 0) is 4.79 Å². The Labute approximate surface area is 116 Å². The highest BCUT2D eigenvalue weighted by Gasteiger charge is 2.48. The Morgan fingerprint density at radius 2 is 1.63 bits per heavy atom. The number of hydrogen-bond donors (Lipinski definition) is 2. The lowest BCUT2D eigenvalue weighted by Crippen LogP contribution is -2.58. The van der Waals surface area contributed by atoms with E-state index in [1.165, 1.54) is 32.1 Å². The van der Waals surface area contributed by atoms with E-state index in [-0.39, 0.29) is 11.9 Å². The van der Waals surface area contributed by atoms with Gasteiger partial charge in [0.15, 0.2) is 0 Å². The van der Waals surface area contributed by atoms with Crippen molar-refractivity contribution in [3.05, 3.63) is 0 Å². The molecule has 4 rings (SSSR count). The minimum Gasteiger partial charge on any atom is -0.351 e. The van der Waals surface area contributed by atoms with Crippen molar-refractivity contribution in [3.8, 4) is 0 Å². The second kappa shape index (κ2) is 5.08. The van der Waals surface area contributed by atoms with E-state index in [9.17, 15) is 4.79 Å². The number of rotatable bonds is 4. The Morgan fingerprint density at radius 3 is 2.11 bits per heavy atom. The zero-order valence-electron chi connectivity index (χ0n) is 12.3. The molecule has 19 heavy (non-hydrogen) atoms. The van der Waals surface area contributed by atoms with Gasteiger partial charge in [0.05, 0.1) is 6.04 Å². The van der Waals surface area contributed by atoms with E-state index in [2.05, 4.69) is 19.2 Å². The standard InChI is InChI=1S/C16H28N2O/c1-9(2)3-14(17)16(19)18-15-12-5-10-4-11(7-12)8-13(15)6-10/h9-15H,3-8,17H2,1-2H3,(H,18,19). The minimum atomic E-state index is -0.322. The van der Waals surface area contributed by atoms with Crippen molar-refractivity contribution in [2.45, 2.75) is 64.5 Å². The average molecular weight is 264 g/mol. The van der Waals surface area contributed by atoms with E-state index in [4.69, 9.17) is 5.73 Å². The Balaban J connectivity index is 1.59. The van der Waals surface area contributed by atoms with Gasteiger partial charge in [0, 0.05) is 6.04 Å². The van der Waals surface area contributed by atoms with E-state index >= 15 is 0 Å². The molecular weight excluding hydrogens is 236 g/mol. The van der Waals surface area contributed by atoms with E-state index in [0.717, 1.165) is 30.1 Å². The first-order chi connectivity index (χ1) is 9.02. The van der Waals surface area contributed by atoms with Crippen molar-refractivity contribution >= 4 is 5.91 Å². The van der Waals surface area contributed by atoms with Crippen LogP contribution in [0.3, 0.4) is 0 Å². The summed E-state index contributed by atoms with van der Waals surface area (Å²) in [5.74, 6) is 3.98. The highest BCUT2D eigenvalue weighted by Crippen LogP contribution is 2.53. The van der Waals surface area contributed by atoms with Crippen LogP contribution < -0.4 is 11.1 Å². The van der Waals surface area contributed by atoms with Crippen LogP contribution in [0.25, 0.3) is 0 Å². The number of nitrogens with two attached hydrogens (primary N) is 1. The highest BCUT2D eigenvalue weighted by molar-refractivity contribution is 5.81. The molecule has 4 bridgehead atoms. The number of amides is 1. The predicted octanol–water partition coefficient (Wildman–Crippen LogP) is 2.30. The molecule has 4 aliphatic rings. The molecule has 0 saturated heterocycles. The molecule has 1 atom stereocenters. The molecule has 4 aliphatic carbocycles. The molecule has 1 unspecified atom stereocenters. The maximum Gasteiger partial charge on any atom is 0.237 e. The summed E-state index contributed by atoms with van der Waals surface area (Å²) in [5, 5.41) is 3.30. The summed E-state index contributed by atoms with van der Waals surface area (Å²) >= 11 is 0. The summed E-state index contributed by atoms with van der Waals surface area (Å²) < 4.78 is 0. The van der Waals surface area contributed by atoms with Crippen LogP contribution in [0, 0.1) is 29.6 Å². The van der Waals surface area contributed by atoms with Gasteiger partial charge in [-0.15, -0.1) is 0 Å². The Hall–Kier alpha value is -0.570. The molecule has 3 N–H and O–H groups in total. The van der Waals surface area contributed by atoms with Crippen LogP contribution in [0.15, 0.2) is 0 Å². The molecule has 3 nitrogen and oxygen atoms in total. The largest absolute Gasteiger partial charge is 0.351 e. The van der Waals surface area contributed by atoms with Gasteiger partial charge in [0.1, 0.15) is 0 Å². The lowest BCUT2D eigenvalue weighted by atomic mass is 9.54. The fraction of sp³-hybridized carbons (Fsp3) is 0.938. The lowest BCUT2D eigenvalue weighted by molar-refractivity contribution is -0.126. The molecule has 0 heterocycles. The number of carbonyl (C=O) groups excluding carboxylic acids is 1. The van der Waals surface area contributed by atoms with Gasteiger partial charge >= 0.3 is 0 Å². The van der Waals surface area contributed by atoms with Crippen LogP contribution in [-0.4, -0.2) is 18.0 Å². The van der Waals surface area contributed by atoms with E-state index in [0.29, 0.717) is 12.0 Å². The zero-order valence-corrected chi connectivity index (χ0v) is 12.3. The van der Waals surface area contributed by atoms with Crippen molar-refractivity contribution < 1.29 is 4.79 Å². The van der Waals surface area contributed by atoms with Gasteiger partial charge in [-0.3, -0.25) is 4.79 Å². The number of hydrogen-bond acceptors (Lipinski definition) is 2. The van der Waals surface area contributed by atoms with Crippen LogP contribution in [0.2, 0.25) is 0 Å². The summed E-state index contributed by atoms with van der Waals surface area (Å²) in [6.07, 6.45) is 7.63. The molecule has 0 aromatic heterocycles. The van der Waals surface area contributed by atoms with E-state index in [1.54, 1.807) is 0 Å². The van der Waals surface area contributed by atoms with Crippen LogP contribution in [0.5, 0.6) is 0 Å². The normalized spacial score (nSPS) is 41.6. The summed E-state index contributed by atoms with van der Waals surface area (Å²) in [5.41, 5.74) is 6.01. The molecule has 0 spiro atoms. The van der Waals surface area contributed by atoms with Gasteiger partial charge in [-0.05, 0) is 68.1 Å². The van der Waals surface area contributed by atoms with Crippen LogP contribution in [0.1, 0.15) is 52.4 Å². The summed E-state index contributed by atoms with van der Waals surface area (Å²) in [7, 11) is 0. The van der Waals surface area contributed by atoms with Crippen molar-refractivity contribution in [1.82, 2.24) is 5.32 Å². The third-order valence-electron chi connectivity index (χ3n) is 5.60. The molecular formula is C16H28N2O. The van der Waals surface area contributed by atoms with Crippen LogP contribution in [0.4, 0.5) is 0 Å². The van der Waals surface area contributed by atoms with Crippen molar-refractivity contribution in [1.29, 1.82) is 0 Å². The van der Waals surface area contributed by atoms with E-state index in [1.807, 2.05) is 0 Å². The minimum absolute atomic E-state index is 0.0890. The second-order valence-corrected chi connectivity index (χ2v) is 7.70. The molecule has 0 radical (unpaired) electrons. The summed E-state index contributed by atoms with van der Waals surface area (Å²) in [6, 6.07) is 0.107. The fourth-order valence-electron chi connectivity index (χ4n) is 5.05. The monoisotopic (exact) mass is 264 g/mol. The Kier molecular flexibility index (Phi) is 3.59. The first-order valence-corrected chi connectivity index (χ1v) is 8.09. The molecule has 108 valence electrons. The molecule has 0 aromatic carbocycles. The van der Waals surface area contributed by atoms with Crippen LogP contribution >= 0.6 is 0 Å². The third kappa shape index (κ3) is 2.67. The molecule has 3 heteroatoms. The number of nitrogens with one attached hydrogen (secondary N) is 1. The molecule has 4 fully saturated rings. The third-order valence-corrected chi connectivity index (χ3v) is 5.60. The highest BCUT2D eigenvalue weighted by atomic mass is 16.2. The molecule has 0 aromatic rings. The lowest BCUT2D eigenvalue weighted by Gasteiger charge is -2.54. The number of carbonyl (C=O) groups is 1. The smallest absolute Gasteiger partial charge is 0.237 e. The van der Waals surface area contributed by atoms with Crippen molar-refractivity contribution in [2.75, 3.05) is 0 Å². The predicted molar refractivity (Wildman–Crippen MR) is 76.4 cm³/mol. The first kappa shape index (κ1) is 13.4. The summed E-state index contributed by atoms with van der Waals surface area (Å²) in [4.78, 5) is 12.2. The SMILES string of the molecule is CC(C)CC(N)C(=O)NC1C2CC3CC(C2)CC1C3. The quantitative estimate of drug-likeness (QED) is 0.818. The fourth-order valence-corrected chi connectivity index (χ4v) is 5.05. The van der Waals surface area contributed by atoms with Gasteiger partial charge in [0.2, 0.25) is 5.91 Å². The Morgan fingerprint density at radius 1 is 1.11 bits per heavy atom. The maximum atomic E-state index is 12.2. The van der Waals surface area contributed by atoms with Gasteiger partial charge in [-0.1, -0.05) is 13.8 Å². The van der Waals surface area contributed by atoms with Crippen molar-refractivity contribution in [2.24, 2.45) is 35.3 Å². The summed E-state index contributed by atoms with van der Waals surface area (Å²) in [6.45, 7) is 4.24. The van der Waals surface area contributed by atoms with Gasteiger partial charge in [0.25, 0.3) is 0 Å². The molecule has 1 amide bonds. The van der Waals surface area contributed by atoms with Gasteiger partial charge in [-0.25, -0.2) is 0 Å². The maximum absolute atomic E-state index is 12.2. The molecule has 4 saturated carbocycles. The average Bonchev–Trinajstić information content (AvgIpc) is 2.31. The Bertz CT molecular complexity index is 325. The topological polar surface area (TPSA) is 55.1 Å². The van der Waals surface area contributed by atoms with E-state index < -0.39 is 0 Å². The van der Waals surface area contributed by atoms with Crippen molar-refractivity contribution in [3.63, 3.8) is 0 Å². The van der Waals surface area contributed by atoms with Gasteiger partial charge < -0.3 is 11.1 Å². The molecule has 0 aliphatic heterocycles. The van der Waals surface area contributed by atoms with Gasteiger partial charge in [-0.2, -0.15) is 0 Å².